The van der Waals surface area contributed by atoms with Crippen LogP contribution < -0.4 is 15.4 Å². The van der Waals surface area contributed by atoms with E-state index in [0.29, 0.717) is 19.5 Å². The van der Waals surface area contributed by atoms with E-state index in [1.807, 2.05) is 24.1 Å². The van der Waals surface area contributed by atoms with E-state index in [-0.39, 0.29) is 41.2 Å². The van der Waals surface area contributed by atoms with Crippen LogP contribution in [-0.4, -0.2) is 67.6 Å². The number of rotatable bonds is 11. The van der Waals surface area contributed by atoms with Crippen molar-refractivity contribution >= 4 is 23.1 Å². The Kier molecular flexibility index (Phi) is 9.57. The Bertz CT molecular complexity index is 1590. The van der Waals surface area contributed by atoms with E-state index in [9.17, 15) is 13.6 Å². The molecule has 0 unspecified atom stereocenters. The monoisotopic (exact) mass is 634 g/mol. The molecular weight excluding hydrogens is 594 g/mol. The van der Waals surface area contributed by atoms with Crippen LogP contribution in [0.5, 0.6) is 5.75 Å². The number of methoxy groups -OCH3 is 1. The van der Waals surface area contributed by atoms with Crippen LogP contribution in [-0.2, 0) is 24.3 Å². The standard InChI is InChI=1S/C36H41ClF2N4O2/c1-22-25(5-4-6-33(22)45-3)20-43(27-11-12-27)36(44)28-17-26-18-40-19-32(41-26)34(28)24-9-7-23(8-10-24)15-16-42(2)21-29-30(38)13-14-31(39)35(29)37/h4-10,13-14,26-27,32,40-41H,11-12,15-21H2,1-3H3/t26-,32-/m0/s1. The topological polar surface area (TPSA) is 56.8 Å². The molecule has 45 heavy (non-hydrogen) atoms. The Hall–Kier alpha value is -3.30. The van der Waals surface area contributed by atoms with Crippen LogP contribution in [0.1, 0.15) is 47.1 Å². The van der Waals surface area contributed by atoms with Crippen molar-refractivity contribution in [1.29, 1.82) is 0 Å². The summed E-state index contributed by atoms with van der Waals surface area (Å²) in [6, 6.07) is 17.2. The predicted octanol–water partition coefficient (Wildman–Crippen LogP) is 5.89. The van der Waals surface area contributed by atoms with Gasteiger partial charge in [-0.2, -0.15) is 0 Å². The van der Waals surface area contributed by atoms with E-state index in [0.717, 1.165) is 83.6 Å². The number of fused-ring (bicyclic) bond motifs is 2. The fraction of sp³-hybridized carbons (Fsp3) is 0.417. The molecule has 0 aromatic heterocycles. The molecule has 2 N–H and O–H groups in total. The predicted molar refractivity (Wildman–Crippen MR) is 174 cm³/mol. The second-order valence-corrected chi connectivity index (χ2v) is 13.0. The first kappa shape index (κ1) is 31.7. The summed E-state index contributed by atoms with van der Waals surface area (Å²) in [4.78, 5) is 18.5. The summed E-state index contributed by atoms with van der Waals surface area (Å²) in [5, 5.41) is 7.13. The van der Waals surface area contributed by atoms with E-state index in [2.05, 4.69) is 52.8 Å². The number of likely N-dealkylation sites (N-methyl/N-ethyl adjacent to an activating group) is 1. The number of amides is 1. The summed E-state index contributed by atoms with van der Waals surface area (Å²) >= 11 is 6.03. The highest BCUT2D eigenvalue weighted by Crippen LogP contribution is 2.37. The minimum atomic E-state index is -0.614. The highest BCUT2D eigenvalue weighted by Gasteiger charge is 2.40. The molecule has 2 fully saturated rings. The number of nitrogens with one attached hydrogen (secondary N) is 2. The normalized spacial score (nSPS) is 19.6. The summed E-state index contributed by atoms with van der Waals surface area (Å²) in [5.74, 6) is -0.136. The third kappa shape index (κ3) is 6.94. The van der Waals surface area contributed by atoms with Gasteiger partial charge in [-0.3, -0.25) is 4.79 Å². The highest BCUT2D eigenvalue weighted by atomic mass is 35.5. The second-order valence-electron chi connectivity index (χ2n) is 12.6. The van der Waals surface area contributed by atoms with E-state index >= 15 is 0 Å². The van der Waals surface area contributed by atoms with Gasteiger partial charge in [-0.15, -0.1) is 0 Å². The van der Waals surface area contributed by atoms with Gasteiger partial charge in [0, 0.05) is 62.0 Å². The zero-order valence-electron chi connectivity index (χ0n) is 26.1. The minimum absolute atomic E-state index is 0.0546. The number of halogens is 3. The molecule has 6 rings (SSSR count). The lowest BCUT2D eigenvalue weighted by Gasteiger charge is -2.40. The van der Waals surface area contributed by atoms with Crippen molar-refractivity contribution in [3.8, 4) is 5.75 Å². The molecule has 3 aromatic carbocycles. The number of hydrogen-bond donors (Lipinski definition) is 2. The van der Waals surface area contributed by atoms with Crippen molar-refractivity contribution in [3.63, 3.8) is 0 Å². The average molecular weight is 635 g/mol. The fourth-order valence-corrected chi connectivity index (χ4v) is 6.87. The summed E-state index contributed by atoms with van der Waals surface area (Å²) in [6.07, 6.45) is 3.48. The second kappa shape index (κ2) is 13.6. The number of carbonyl (C=O) groups excluding carboxylic acids is 1. The van der Waals surface area contributed by atoms with Gasteiger partial charge >= 0.3 is 0 Å². The van der Waals surface area contributed by atoms with Gasteiger partial charge in [0.2, 0.25) is 0 Å². The Morgan fingerprint density at radius 3 is 2.51 bits per heavy atom. The van der Waals surface area contributed by atoms with Gasteiger partial charge in [0.25, 0.3) is 5.91 Å². The molecule has 2 atom stereocenters. The van der Waals surface area contributed by atoms with Gasteiger partial charge in [-0.25, -0.2) is 8.78 Å². The first-order valence-corrected chi connectivity index (χ1v) is 16.1. The van der Waals surface area contributed by atoms with E-state index < -0.39 is 11.6 Å². The van der Waals surface area contributed by atoms with Crippen molar-refractivity contribution in [1.82, 2.24) is 20.4 Å². The van der Waals surface area contributed by atoms with Crippen molar-refractivity contribution in [2.75, 3.05) is 33.8 Å². The molecular formula is C36H41ClF2N4O2. The van der Waals surface area contributed by atoms with Crippen LogP contribution in [0.25, 0.3) is 5.57 Å². The zero-order valence-corrected chi connectivity index (χ0v) is 26.9. The lowest BCUT2D eigenvalue weighted by atomic mass is 9.83. The Morgan fingerprint density at radius 1 is 1.02 bits per heavy atom. The molecule has 6 nitrogen and oxygen atoms in total. The summed E-state index contributed by atoms with van der Waals surface area (Å²) in [5.41, 5.74) is 6.53. The number of carbonyl (C=O) groups is 1. The highest BCUT2D eigenvalue weighted by molar-refractivity contribution is 6.31. The first-order chi connectivity index (χ1) is 21.7. The first-order valence-electron chi connectivity index (χ1n) is 15.8. The van der Waals surface area contributed by atoms with Gasteiger partial charge in [-0.1, -0.05) is 48.0 Å². The smallest absolute Gasteiger partial charge is 0.250 e. The molecule has 2 bridgehead atoms. The molecule has 3 aliphatic rings. The molecule has 238 valence electrons. The number of ether oxygens (including phenoxy) is 1. The summed E-state index contributed by atoms with van der Waals surface area (Å²) in [7, 11) is 3.55. The maximum atomic E-state index is 14.5. The van der Waals surface area contributed by atoms with Crippen molar-refractivity contribution < 1.29 is 18.3 Å². The van der Waals surface area contributed by atoms with Crippen LogP contribution in [0.3, 0.4) is 0 Å². The van der Waals surface area contributed by atoms with E-state index in [4.69, 9.17) is 16.3 Å². The van der Waals surface area contributed by atoms with Gasteiger partial charge in [-0.05, 0) is 85.7 Å². The van der Waals surface area contributed by atoms with Crippen LogP contribution in [0.15, 0.2) is 60.2 Å². The number of benzene rings is 3. The third-order valence-corrected chi connectivity index (χ3v) is 9.79. The van der Waals surface area contributed by atoms with Gasteiger partial charge in [0.05, 0.1) is 12.1 Å². The fourth-order valence-electron chi connectivity index (χ4n) is 6.66. The molecule has 2 heterocycles. The number of nitrogens with zero attached hydrogens (tertiary/aromatic N) is 2. The molecule has 0 radical (unpaired) electrons. The van der Waals surface area contributed by atoms with Gasteiger partial charge in [0.15, 0.2) is 0 Å². The van der Waals surface area contributed by atoms with Crippen LogP contribution in [0.2, 0.25) is 5.02 Å². The maximum absolute atomic E-state index is 14.5. The summed E-state index contributed by atoms with van der Waals surface area (Å²) < 4.78 is 33.7. The number of piperazine rings is 1. The van der Waals surface area contributed by atoms with E-state index in [1.165, 1.54) is 0 Å². The lowest BCUT2D eigenvalue weighted by molar-refractivity contribution is -0.128. The molecule has 1 aliphatic carbocycles. The largest absolute Gasteiger partial charge is 0.496 e. The van der Waals surface area contributed by atoms with Crippen molar-refractivity contribution in [2.24, 2.45) is 0 Å². The molecule has 0 spiro atoms. The molecule has 1 amide bonds. The molecule has 9 heteroatoms. The quantitative estimate of drug-likeness (QED) is 0.258. The minimum Gasteiger partial charge on any atom is -0.496 e. The van der Waals surface area contributed by atoms with Crippen LogP contribution in [0.4, 0.5) is 8.78 Å². The van der Waals surface area contributed by atoms with Crippen molar-refractivity contribution in [3.05, 3.63) is 105 Å². The molecule has 2 aliphatic heterocycles. The van der Waals surface area contributed by atoms with Gasteiger partial charge in [0.1, 0.15) is 17.4 Å². The summed E-state index contributed by atoms with van der Waals surface area (Å²) in [6.45, 7) is 5.11. The maximum Gasteiger partial charge on any atom is 0.250 e. The zero-order chi connectivity index (χ0) is 31.7. The Morgan fingerprint density at radius 2 is 1.78 bits per heavy atom. The third-order valence-electron chi connectivity index (χ3n) is 9.38. The van der Waals surface area contributed by atoms with Crippen molar-refractivity contribution in [2.45, 2.75) is 63.8 Å². The number of hydrogen-bond acceptors (Lipinski definition) is 5. The van der Waals surface area contributed by atoms with E-state index in [1.54, 1.807) is 7.11 Å². The van der Waals surface area contributed by atoms with Gasteiger partial charge < -0.3 is 25.2 Å². The molecule has 1 saturated heterocycles. The molecule has 3 aromatic rings. The Balaban J connectivity index is 1.22. The molecule has 1 saturated carbocycles. The lowest BCUT2D eigenvalue weighted by Crippen LogP contribution is -2.58. The SMILES string of the molecule is COc1cccc(CN(C(=O)C2=C(c3ccc(CCN(C)Cc4c(F)ccc(F)c4Cl)cc3)[C@@H]3CNC[C@H](C2)N3)C2CC2)c1C. The van der Waals surface area contributed by atoms with Crippen LogP contribution in [0, 0.1) is 18.6 Å². The average Bonchev–Trinajstić information content (AvgIpc) is 3.89. The van der Waals surface area contributed by atoms with Crippen LogP contribution >= 0.6 is 11.6 Å². The Labute approximate surface area is 269 Å².